The number of hydrogen-bond donors (Lipinski definition) is 9. The van der Waals surface area contributed by atoms with Crippen LogP contribution in [-0.2, 0) is 73.3 Å². The zero-order valence-electron chi connectivity index (χ0n) is 45.7. The maximum Gasteiger partial charge on any atom is 0.326 e. The predicted octanol–water partition coefficient (Wildman–Crippen LogP) is 3.77. The molecule has 1 rings (SSSR count). The van der Waals surface area contributed by atoms with Crippen molar-refractivity contribution in [3.8, 4) is 0 Å². The number of carboxylic acid groups (broad SMARTS) is 3. The van der Waals surface area contributed by atoms with Crippen molar-refractivity contribution in [3.05, 3.63) is 18.2 Å². The Labute approximate surface area is 453 Å². The fraction of sp³-hybridized carbons (Fsp3) is 0.755. The molecule has 9 N–H and O–H groups in total. The molecule has 0 saturated heterocycles. The highest BCUT2D eigenvalue weighted by Gasteiger charge is 2.25. The van der Waals surface area contributed by atoms with E-state index in [1.165, 1.54) is 57.5 Å². The number of aromatic nitrogens is 2. The summed E-state index contributed by atoms with van der Waals surface area (Å²) in [4.78, 5) is 123. The van der Waals surface area contributed by atoms with Crippen LogP contribution in [0.1, 0.15) is 167 Å². The lowest BCUT2D eigenvalue weighted by atomic mass is 10.0. The van der Waals surface area contributed by atoms with E-state index in [1.54, 1.807) is 6.92 Å². The molecule has 0 radical (unpaired) electrons. The fourth-order valence-corrected chi connectivity index (χ4v) is 7.59. The molecule has 3 atom stereocenters. The number of nitrogens with one attached hydrogen (secondary N) is 6. The third-order valence-corrected chi connectivity index (χ3v) is 11.8. The summed E-state index contributed by atoms with van der Waals surface area (Å²) in [7, 11) is 0. The highest BCUT2D eigenvalue weighted by Crippen LogP contribution is 2.14. The number of rotatable bonds is 53. The molecule has 0 aliphatic rings. The first-order valence-electron chi connectivity index (χ1n) is 27.4. The summed E-state index contributed by atoms with van der Waals surface area (Å²) in [5, 5.41) is 40.0. The number of aliphatic carboxylic acids is 3. The van der Waals surface area contributed by atoms with Crippen molar-refractivity contribution in [1.29, 1.82) is 0 Å². The molecule has 0 fully saturated rings. The monoisotopic (exact) mass is 1100 g/mol. The molecule has 1 unspecified atom stereocenters. The second kappa shape index (κ2) is 49.9. The van der Waals surface area contributed by atoms with Crippen LogP contribution < -0.4 is 26.6 Å². The van der Waals surface area contributed by atoms with E-state index >= 15 is 0 Å². The van der Waals surface area contributed by atoms with Crippen LogP contribution in [0.2, 0.25) is 0 Å². The number of carbonyl (C=O) groups is 10. The second-order valence-corrected chi connectivity index (χ2v) is 18.4. The van der Waals surface area contributed by atoms with Crippen molar-refractivity contribution in [2.75, 3.05) is 72.5 Å². The third-order valence-electron chi connectivity index (χ3n) is 11.8. The normalized spacial score (nSPS) is 12.0. The van der Waals surface area contributed by atoms with Crippen LogP contribution in [0.15, 0.2) is 12.5 Å². The number of aromatic amines is 1. The first-order valence-corrected chi connectivity index (χ1v) is 27.4. The molecule has 0 aliphatic heterocycles. The molecule has 0 aromatic carbocycles. The van der Waals surface area contributed by atoms with Crippen LogP contribution in [0.25, 0.3) is 0 Å². The van der Waals surface area contributed by atoms with Gasteiger partial charge in [-0.2, -0.15) is 0 Å². The minimum absolute atomic E-state index is 0.000154. The zero-order chi connectivity index (χ0) is 57.2. The van der Waals surface area contributed by atoms with Crippen LogP contribution in [-0.4, -0.2) is 175 Å². The quantitative estimate of drug-likeness (QED) is 0.0255. The molecule has 0 aliphatic carbocycles. The molecule has 0 saturated carbocycles. The number of ketones is 3. The van der Waals surface area contributed by atoms with Gasteiger partial charge in [0.15, 0.2) is 11.6 Å². The van der Waals surface area contributed by atoms with Gasteiger partial charge in [0.05, 0.1) is 44.8 Å². The number of unbranched alkanes of at least 4 members (excludes halogenated alkanes) is 13. The Kier molecular flexibility index (Phi) is 46.2. The van der Waals surface area contributed by atoms with E-state index in [2.05, 4.69) is 36.6 Å². The molecule has 1 aromatic heterocycles. The topological polar surface area (TPSA) is 357 Å². The van der Waals surface area contributed by atoms with Gasteiger partial charge in [-0.3, -0.25) is 43.2 Å². The average molecular weight is 1100 g/mol. The summed E-state index contributed by atoms with van der Waals surface area (Å²) in [6.45, 7) is 6.01. The van der Waals surface area contributed by atoms with Crippen LogP contribution in [0, 0.1) is 0 Å². The second-order valence-electron chi connectivity index (χ2n) is 18.4. The van der Waals surface area contributed by atoms with Gasteiger partial charge in [-0.15, -0.1) is 0 Å². The van der Waals surface area contributed by atoms with E-state index < -0.39 is 54.0 Å². The van der Waals surface area contributed by atoms with Crippen molar-refractivity contribution in [3.63, 3.8) is 0 Å². The van der Waals surface area contributed by atoms with Crippen molar-refractivity contribution in [2.45, 2.75) is 186 Å². The molecular formula is C53H91N7O17. The van der Waals surface area contributed by atoms with E-state index in [4.69, 9.17) is 29.2 Å². The average Bonchev–Trinajstić information content (AvgIpc) is 3.91. The van der Waals surface area contributed by atoms with Gasteiger partial charge >= 0.3 is 17.9 Å². The van der Waals surface area contributed by atoms with E-state index in [9.17, 15) is 53.1 Å². The summed E-state index contributed by atoms with van der Waals surface area (Å²) in [5.41, 5.74) is 0.627. The summed E-state index contributed by atoms with van der Waals surface area (Å²) >= 11 is 0. The summed E-state index contributed by atoms with van der Waals surface area (Å²) in [5.74, 6) is -4.97. The molecule has 1 heterocycles. The minimum Gasteiger partial charge on any atom is -0.481 e. The van der Waals surface area contributed by atoms with Gasteiger partial charge in [-0.1, -0.05) is 77.0 Å². The molecule has 1 aromatic rings. The molecule has 440 valence electrons. The number of H-pyrrole nitrogens is 1. The standard InChI is InChI=1S/C28H51NO7.C25H40N6O10/c1-2-36-23-17-18-24(30)21-22-25(28(34)35)29-26(31)19-15-13-11-9-7-5-3-4-6-8-10-12-14-16-20-27(32)33;1-2-39-14-23(35)28-6-7-40-8-9-41-15-24(36)27-5-3-4-19(21(33)11-25(37)38)29-13-22(34)20(31-17-32)10-18-12-26-16-30-18/h25H,2-23H2,1H3,(H,29,31)(H,32,33)(H,34,35);12,16-17,19-20,29H,2-11,13-15H2,1H3,(H,26,30)(H,27,36)(H,28,35)(H,31,32)(H,37,38)/t25-;19-,20?/m00/s1. The number of amides is 4. The molecule has 77 heavy (non-hydrogen) atoms. The summed E-state index contributed by atoms with van der Waals surface area (Å²) < 4.78 is 20.7. The number of carboxylic acids is 3. The van der Waals surface area contributed by atoms with Crippen LogP contribution in [0.3, 0.4) is 0 Å². The highest BCUT2D eigenvalue weighted by atomic mass is 16.5. The van der Waals surface area contributed by atoms with Gasteiger partial charge in [0.25, 0.3) is 0 Å². The Morgan fingerprint density at radius 2 is 1.16 bits per heavy atom. The number of imidazole rings is 1. The van der Waals surface area contributed by atoms with Crippen molar-refractivity contribution >= 4 is 59.4 Å². The lowest BCUT2D eigenvalue weighted by Gasteiger charge is -2.19. The molecule has 0 spiro atoms. The van der Waals surface area contributed by atoms with Gasteiger partial charge in [0.1, 0.15) is 31.5 Å². The predicted molar refractivity (Wildman–Crippen MR) is 284 cm³/mol. The lowest BCUT2D eigenvalue weighted by molar-refractivity contribution is -0.142. The van der Waals surface area contributed by atoms with E-state index in [1.807, 2.05) is 6.92 Å². The molecule has 24 heteroatoms. The lowest BCUT2D eigenvalue weighted by Crippen LogP contribution is -2.47. The molecular weight excluding hydrogens is 1010 g/mol. The summed E-state index contributed by atoms with van der Waals surface area (Å²) in [6, 6.07) is -2.81. The first-order chi connectivity index (χ1) is 37.1. The van der Waals surface area contributed by atoms with Crippen molar-refractivity contribution < 1.29 is 82.2 Å². The maximum absolute atomic E-state index is 12.6. The number of ether oxygens (including phenoxy) is 4. The number of hydrogen-bond acceptors (Lipinski definition) is 16. The van der Waals surface area contributed by atoms with E-state index in [0.29, 0.717) is 64.2 Å². The van der Waals surface area contributed by atoms with E-state index in [0.717, 1.165) is 44.9 Å². The maximum atomic E-state index is 12.6. The number of carbonyl (C=O) groups excluding carboxylic acids is 7. The Morgan fingerprint density at radius 1 is 0.571 bits per heavy atom. The van der Waals surface area contributed by atoms with Crippen LogP contribution >= 0.6 is 0 Å². The minimum atomic E-state index is -1.30. The fourth-order valence-electron chi connectivity index (χ4n) is 7.59. The molecule has 4 amide bonds. The Hall–Kier alpha value is -5.69. The SMILES string of the molecule is CCOCC(=O)NCCOCCOCC(=O)NCCC[C@H](NCC(=O)C(Cc1cnc[nH]1)NC=O)C(=O)CC(=O)O.CCOCCCC(=O)CC[C@H](NC(=O)CCCCCCCCCCCCCCCCC(=O)O)C(=O)O. The Balaban J connectivity index is 0.00000151. The van der Waals surface area contributed by atoms with Crippen molar-refractivity contribution in [1.82, 2.24) is 36.6 Å². The largest absolute Gasteiger partial charge is 0.481 e. The smallest absolute Gasteiger partial charge is 0.326 e. The van der Waals surface area contributed by atoms with Gasteiger partial charge in [0, 0.05) is 76.9 Å². The van der Waals surface area contributed by atoms with E-state index in [-0.39, 0.29) is 102 Å². The number of Topliss-reactive ketones (excluding diaryl/α,β-unsaturated/α-hetero) is 3. The Morgan fingerprint density at radius 3 is 1.71 bits per heavy atom. The zero-order valence-corrected chi connectivity index (χ0v) is 45.7. The molecule has 0 bridgehead atoms. The van der Waals surface area contributed by atoms with Gasteiger partial charge in [0.2, 0.25) is 24.1 Å². The molecule has 24 nitrogen and oxygen atoms in total. The van der Waals surface area contributed by atoms with Gasteiger partial charge < -0.3 is 65.8 Å². The van der Waals surface area contributed by atoms with Crippen molar-refractivity contribution in [2.24, 2.45) is 0 Å². The van der Waals surface area contributed by atoms with Gasteiger partial charge in [-0.25, -0.2) is 9.78 Å². The van der Waals surface area contributed by atoms with Crippen LogP contribution in [0.4, 0.5) is 0 Å². The number of nitrogens with zero attached hydrogens (tertiary/aromatic N) is 1. The highest BCUT2D eigenvalue weighted by molar-refractivity contribution is 5.98. The third kappa shape index (κ3) is 45.1. The summed E-state index contributed by atoms with van der Waals surface area (Å²) in [6.07, 6.45) is 20.8. The first kappa shape index (κ1) is 71.3. The van der Waals surface area contributed by atoms with Gasteiger partial charge in [-0.05, 0) is 52.4 Å². The Bertz CT molecular complexity index is 1790. The van der Waals surface area contributed by atoms with Crippen LogP contribution in [0.5, 0.6) is 0 Å².